The molecule has 2 N–H and O–H groups in total. The summed E-state index contributed by atoms with van der Waals surface area (Å²) in [5, 5.41) is 11.9. The van der Waals surface area contributed by atoms with Gasteiger partial charge in [0.25, 0.3) is 17.6 Å². The van der Waals surface area contributed by atoms with Crippen LogP contribution in [-0.2, 0) is 25.6 Å². The van der Waals surface area contributed by atoms with E-state index in [9.17, 15) is 29.1 Å². The molecule has 0 radical (unpaired) electrons. The predicted molar refractivity (Wildman–Crippen MR) is 159 cm³/mol. The Morgan fingerprint density at radius 3 is 2.19 bits per heavy atom. The molecule has 0 aromatic heterocycles. The van der Waals surface area contributed by atoms with E-state index in [0.29, 0.717) is 22.4 Å². The van der Waals surface area contributed by atoms with Gasteiger partial charge in [-0.2, -0.15) is 0 Å². The maximum Gasteiger partial charge on any atom is 0.374 e. The second-order valence-electron chi connectivity index (χ2n) is 10.4. The van der Waals surface area contributed by atoms with Crippen LogP contribution in [0.4, 0.5) is 0 Å². The molecule has 3 aromatic rings. The number of aliphatic carboxylic acids is 1. The van der Waals surface area contributed by atoms with E-state index < -0.39 is 42.2 Å². The van der Waals surface area contributed by atoms with Crippen LogP contribution in [0.15, 0.2) is 91.1 Å². The monoisotopic (exact) mass is 583 g/mol. The first kappa shape index (κ1) is 30.7. The number of rotatable bonds is 11. The zero-order chi connectivity index (χ0) is 31.1. The number of ketones is 1. The molecule has 0 aliphatic carbocycles. The van der Waals surface area contributed by atoms with E-state index in [2.05, 4.69) is 5.32 Å². The van der Waals surface area contributed by atoms with Gasteiger partial charge in [-0.3, -0.25) is 24.1 Å². The number of amides is 3. The second kappa shape index (κ2) is 13.6. The van der Waals surface area contributed by atoms with Gasteiger partial charge in [0.05, 0.1) is 12.8 Å². The van der Waals surface area contributed by atoms with Crippen LogP contribution in [0.25, 0.3) is 5.70 Å². The van der Waals surface area contributed by atoms with E-state index in [1.807, 2.05) is 0 Å². The third-order valence-electron chi connectivity index (χ3n) is 7.07. The Balaban J connectivity index is 1.72. The van der Waals surface area contributed by atoms with E-state index in [1.165, 1.54) is 16.9 Å². The van der Waals surface area contributed by atoms with Crippen molar-refractivity contribution in [2.45, 2.75) is 32.4 Å². The smallest absolute Gasteiger partial charge is 0.374 e. The fourth-order valence-electron chi connectivity index (χ4n) is 4.97. The fourth-order valence-corrected chi connectivity index (χ4v) is 4.97. The summed E-state index contributed by atoms with van der Waals surface area (Å²) >= 11 is 0. The minimum atomic E-state index is -1.68. The molecule has 0 spiro atoms. The number of benzene rings is 3. The molecule has 2 atom stereocenters. The van der Waals surface area contributed by atoms with Crippen LogP contribution in [0.3, 0.4) is 0 Å². The summed E-state index contributed by atoms with van der Waals surface area (Å²) in [6.45, 7) is 3.09. The topological polar surface area (TPSA) is 133 Å². The summed E-state index contributed by atoms with van der Waals surface area (Å²) in [6.07, 6.45) is 1.51. The molecule has 1 aliphatic heterocycles. The number of hydrogen-bond donors (Lipinski definition) is 2. The molecule has 3 aromatic carbocycles. The van der Waals surface area contributed by atoms with Crippen molar-refractivity contribution >= 4 is 35.2 Å². The third-order valence-corrected chi connectivity index (χ3v) is 7.07. The van der Waals surface area contributed by atoms with Crippen LogP contribution in [-0.4, -0.2) is 70.1 Å². The number of methoxy groups -OCH3 is 1. The van der Waals surface area contributed by atoms with Crippen molar-refractivity contribution in [3.05, 3.63) is 108 Å². The number of ether oxygens (including phenoxy) is 1. The Hall–Kier alpha value is -5.25. The van der Waals surface area contributed by atoms with Gasteiger partial charge in [0.1, 0.15) is 24.4 Å². The standard InChI is InChI=1S/C33H33N3O7/c1-21(2)29-32(40)35(20-28(37)34-26(30(38)33(41)42)17-22-11-6-4-7-12-22)27(24-15-10-16-25(18-24)43-3)19-36(29)31(39)23-13-8-5-9-14-23/h4-16,18-19,21,26,29H,17,20H2,1-3H3,(H,34,37)(H,41,42)/t26-,29-/m0/s1. The Morgan fingerprint density at radius 1 is 0.930 bits per heavy atom. The summed E-state index contributed by atoms with van der Waals surface area (Å²) in [4.78, 5) is 67.9. The van der Waals surface area contributed by atoms with Crippen molar-refractivity contribution in [3.63, 3.8) is 0 Å². The van der Waals surface area contributed by atoms with Crippen molar-refractivity contribution in [2.24, 2.45) is 5.92 Å². The predicted octanol–water partition coefficient (Wildman–Crippen LogP) is 3.38. The summed E-state index contributed by atoms with van der Waals surface area (Å²) in [5.41, 5.74) is 1.83. The molecule has 4 rings (SSSR count). The molecule has 1 heterocycles. The second-order valence-corrected chi connectivity index (χ2v) is 10.4. The summed E-state index contributed by atoms with van der Waals surface area (Å²) < 4.78 is 5.37. The normalized spacial score (nSPS) is 15.5. The van der Waals surface area contributed by atoms with Crippen LogP contribution in [0, 0.1) is 5.92 Å². The zero-order valence-electron chi connectivity index (χ0n) is 24.1. The highest BCUT2D eigenvalue weighted by molar-refractivity contribution is 6.35. The van der Waals surface area contributed by atoms with Crippen LogP contribution in [0.2, 0.25) is 0 Å². The maximum atomic E-state index is 14.1. The molecule has 0 fully saturated rings. The molecule has 10 heteroatoms. The first-order chi connectivity index (χ1) is 20.6. The number of carboxylic acids is 1. The van der Waals surface area contributed by atoms with Gasteiger partial charge in [-0.15, -0.1) is 0 Å². The number of carboxylic acid groups (broad SMARTS) is 1. The van der Waals surface area contributed by atoms with Gasteiger partial charge >= 0.3 is 5.97 Å². The number of nitrogens with zero attached hydrogens (tertiary/aromatic N) is 2. The lowest BCUT2D eigenvalue weighted by Crippen LogP contribution is -2.57. The van der Waals surface area contributed by atoms with Crippen molar-refractivity contribution < 1.29 is 33.8 Å². The van der Waals surface area contributed by atoms with Gasteiger partial charge in [0, 0.05) is 23.7 Å². The molecule has 1 aliphatic rings. The highest BCUT2D eigenvalue weighted by Gasteiger charge is 2.41. The molecule has 43 heavy (non-hydrogen) atoms. The average molecular weight is 584 g/mol. The summed E-state index contributed by atoms with van der Waals surface area (Å²) in [6, 6.07) is 21.8. The average Bonchev–Trinajstić information content (AvgIpc) is 3.01. The molecule has 0 bridgehead atoms. The number of hydrogen-bond acceptors (Lipinski definition) is 6. The third kappa shape index (κ3) is 7.16. The summed E-state index contributed by atoms with van der Waals surface area (Å²) in [5.74, 6) is -4.30. The molecule has 3 amide bonds. The van der Waals surface area contributed by atoms with E-state index in [0.717, 1.165) is 0 Å². The van der Waals surface area contributed by atoms with Gasteiger partial charge in [-0.05, 0) is 35.7 Å². The number of carbonyl (C=O) groups is 5. The SMILES string of the molecule is COc1cccc(C2=CN(C(=O)c3ccccc3)[C@@H](C(C)C)C(=O)N2CC(=O)N[C@@H](Cc2ccccc2)C(=O)C(=O)O)c1. The maximum absolute atomic E-state index is 14.1. The Bertz CT molecular complexity index is 1540. The molecule has 0 unspecified atom stereocenters. The van der Waals surface area contributed by atoms with Crippen molar-refractivity contribution in [2.75, 3.05) is 13.7 Å². The first-order valence-electron chi connectivity index (χ1n) is 13.8. The fraction of sp³-hybridized carbons (Fsp3) is 0.242. The molecule has 0 saturated heterocycles. The molecular weight excluding hydrogens is 550 g/mol. The number of carbonyl (C=O) groups excluding carboxylic acids is 4. The lowest BCUT2D eigenvalue weighted by molar-refractivity contribution is -0.150. The lowest BCUT2D eigenvalue weighted by Gasteiger charge is -2.41. The van der Waals surface area contributed by atoms with Gasteiger partial charge < -0.3 is 20.1 Å². The van der Waals surface area contributed by atoms with Crippen molar-refractivity contribution in [1.82, 2.24) is 15.1 Å². The van der Waals surface area contributed by atoms with Crippen LogP contribution >= 0.6 is 0 Å². The highest BCUT2D eigenvalue weighted by Crippen LogP contribution is 2.32. The Kier molecular flexibility index (Phi) is 9.72. The Morgan fingerprint density at radius 2 is 1.58 bits per heavy atom. The number of nitrogens with one attached hydrogen (secondary N) is 1. The first-order valence-corrected chi connectivity index (χ1v) is 13.8. The van der Waals surface area contributed by atoms with Crippen LogP contribution in [0.1, 0.15) is 35.3 Å². The number of Topliss-reactive ketones (excluding diaryl/α,β-unsaturated/α-hetero) is 1. The quantitative estimate of drug-likeness (QED) is 0.331. The highest BCUT2D eigenvalue weighted by atomic mass is 16.5. The lowest BCUT2D eigenvalue weighted by atomic mass is 9.96. The van der Waals surface area contributed by atoms with E-state index in [-0.39, 0.29) is 23.9 Å². The molecular formula is C33H33N3O7. The molecule has 10 nitrogen and oxygen atoms in total. The molecule has 0 saturated carbocycles. The van der Waals surface area contributed by atoms with Crippen molar-refractivity contribution in [3.8, 4) is 5.75 Å². The van der Waals surface area contributed by atoms with E-state index >= 15 is 0 Å². The van der Waals surface area contributed by atoms with E-state index in [4.69, 9.17) is 4.74 Å². The van der Waals surface area contributed by atoms with Gasteiger partial charge in [-0.1, -0.05) is 74.5 Å². The van der Waals surface area contributed by atoms with Gasteiger partial charge in [-0.25, -0.2) is 4.79 Å². The summed E-state index contributed by atoms with van der Waals surface area (Å²) in [7, 11) is 1.50. The largest absolute Gasteiger partial charge is 0.497 e. The van der Waals surface area contributed by atoms with Gasteiger partial charge in [0.2, 0.25) is 5.91 Å². The minimum absolute atomic E-state index is 0.0434. The van der Waals surface area contributed by atoms with Crippen LogP contribution < -0.4 is 10.1 Å². The zero-order valence-corrected chi connectivity index (χ0v) is 24.1. The minimum Gasteiger partial charge on any atom is -0.497 e. The Labute approximate surface area is 249 Å². The van der Waals surface area contributed by atoms with Gasteiger partial charge in [0.15, 0.2) is 0 Å². The van der Waals surface area contributed by atoms with Crippen molar-refractivity contribution in [1.29, 1.82) is 0 Å². The van der Waals surface area contributed by atoms with E-state index in [1.54, 1.807) is 105 Å². The van der Waals surface area contributed by atoms with Crippen LogP contribution in [0.5, 0.6) is 5.75 Å². The molecule has 222 valence electrons.